The minimum absolute atomic E-state index is 0.128. The van der Waals surface area contributed by atoms with Crippen LogP contribution in [-0.2, 0) is 44.4 Å². The first-order valence-electron chi connectivity index (χ1n) is 17.5. The van der Waals surface area contributed by atoms with E-state index >= 15 is 0 Å². The maximum absolute atomic E-state index is 13.2. The van der Waals surface area contributed by atoms with Crippen molar-refractivity contribution in [1.29, 1.82) is 0 Å². The number of aliphatic hydroxyl groups excluding tert-OH is 7. The number of carbonyl (C=O) groups is 1. The molecule has 10 N–H and O–H groups in total. The molecular weight excluding hydrogens is 736 g/mol. The van der Waals surface area contributed by atoms with Crippen LogP contribution in [0.1, 0.15) is 25.0 Å². The van der Waals surface area contributed by atoms with Crippen molar-refractivity contribution in [1.82, 2.24) is 0 Å². The Morgan fingerprint density at radius 1 is 0.709 bits per heavy atom. The molecule has 3 heterocycles. The van der Waals surface area contributed by atoms with E-state index in [2.05, 4.69) is 0 Å². The zero-order chi connectivity index (χ0) is 40.1. The van der Waals surface area contributed by atoms with Crippen LogP contribution in [-0.4, -0.2) is 169 Å². The normalized spacial score (nSPS) is 36.8. The van der Waals surface area contributed by atoms with E-state index in [-0.39, 0.29) is 36.0 Å². The predicted octanol–water partition coefficient (Wildman–Crippen LogP) is -1.86. The summed E-state index contributed by atoms with van der Waals surface area (Å²) in [5.41, 5.74) is 0.984. The maximum atomic E-state index is 13.2. The molecule has 0 bridgehead atoms. The second-order valence-electron chi connectivity index (χ2n) is 13.4. The molecule has 3 fully saturated rings. The molecule has 3 aliphatic rings. The van der Waals surface area contributed by atoms with Gasteiger partial charge in [-0.1, -0.05) is 12.1 Å². The number of ether oxygens (including phenoxy) is 8. The van der Waals surface area contributed by atoms with Crippen LogP contribution in [0.2, 0.25) is 0 Å². The molecule has 0 aliphatic carbocycles. The number of aliphatic hydroxyl groups is 7. The van der Waals surface area contributed by atoms with Crippen LogP contribution in [0.5, 0.6) is 23.0 Å². The van der Waals surface area contributed by atoms with E-state index < -0.39 is 105 Å². The summed E-state index contributed by atoms with van der Waals surface area (Å²) in [4.78, 5) is 13.2. The first-order chi connectivity index (χ1) is 26.1. The Morgan fingerprint density at radius 2 is 1.36 bits per heavy atom. The molecule has 19 nitrogen and oxygen atoms in total. The van der Waals surface area contributed by atoms with Crippen LogP contribution in [0.3, 0.4) is 0 Å². The maximum Gasteiger partial charge on any atom is 0.331 e. The smallest absolute Gasteiger partial charge is 0.331 e. The van der Waals surface area contributed by atoms with Gasteiger partial charge in [-0.25, -0.2) is 4.79 Å². The largest absolute Gasteiger partial charge is 0.504 e. The summed E-state index contributed by atoms with van der Waals surface area (Å²) >= 11 is 0. The number of rotatable bonds is 13. The van der Waals surface area contributed by atoms with E-state index in [0.717, 1.165) is 6.08 Å². The summed E-state index contributed by atoms with van der Waals surface area (Å²) in [6, 6.07) is 8.42. The van der Waals surface area contributed by atoms with E-state index in [1.165, 1.54) is 63.4 Å². The number of phenols is 3. The van der Waals surface area contributed by atoms with Gasteiger partial charge in [0.1, 0.15) is 54.9 Å². The quantitative estimate of drug-likeness (QED) is 0.0605. The highest BCUT2D eigenvalue weighted by molar-refractivity contribution is 5.87. The zero-order valence-corrected chi connectivity index (χ0v) is 30.0. The van der Waals surface area contributed by atoms with Gasteiger partial charge in [0.2, 0.25) is 0 Å². The predicted molar refractivity (Wildman–Crippen MR) is 183 cm³/mol. The highest BCUT2D eigenvalue weighted by Gasteiger charge is 2.54. The Hall–Kier alpha value is -3.67. The van der Waals surface area contributed by atoms with Gasteiger partial charge in [0.25, 0.3) is 0 Å². The van der Waals surface area contributed by atoms with Crippen molar-refractivity contribution < 1.29 is 93.8 Å². The van der Waals surface area contributed by atoms with Crippen molar-refractivity contribution in [3.63, 3.8) is 0 Å². The molecule has 15 atom stereocenters. The number of hydrogen-bond acceptors (Lipinski definition) is 19. The fourth-order valence-corrected chi connectivity index (χ4v) is 6.32. The molecule has 2 aromatic carbocycles. The third-order valence-corrected chi connectivity index (χ3v) is 9.55. The van der Waals surface area contributed by atoms with Gasteiger partial charge in [0.05, 0.1) is 32.5 Å². The minimum atomic E-state index is -1.83. The molecule has 0 aromatic heterocycles. The fraction of sp³-hybridized carbons (Fsp3) is 0.583. The third kappa shape index (κ3) is 9.84. The Morgan fingerprint density at radius 3 is 2.04 bits per heavy atom. The highest BCUT2D eigenvalue weighted by atomic mass is 16.8. The molecule has 0 spiro atoms. The number of carbonyl (C=O) groups excluding carboxylic acids is 1. The van der Waals surface area contributed by atoms with Gasteiger partial charge in [0, 0.05) is 6.08 Å². The number of esters is 1. The monoisotopic (exact) mass is 784 g/mol. The second-order valence-corrected chi connectivity index (χ2v) is 13.4. The molecular formula is C36H48O19. The van der Waals surface area contributed by atoms with E-state index in [1.807, 2.05) is 0 Å². The molecule has 306 valence electrons. The SMILES string of the molecule is COc1cc(/C=C/C(=O)O[C@H]2[C@H](O[C@@H]3O[C@@H](C)[C@H](O)[C@@H](O)[C@H]3O[C@@H]3O[C@@H](C)[C@H](O)[C@@H](O)[C@H]3O)[C@@H](O)[C@H](OCCc3ccc(O)c(O)c3)O[C@@H]2CO)ccc1O. The van der Waals surface area contributed by atoms with Gasteiger partial charge in [-0.3, -0.25) is 0 Å². The molecule has 0 saturated carbocycles. The number of phenolic OH excluding ortho intramolecular Hbond substituents is 3. The standard InChI is InChI=1S/C36H48O19/c1-15-25(42)27(44)29(46)35(50-15)55-33-28(45)26(43)16(2)51-36(33)54-32-30(47)34(49-11-10-18-4-7-19(38)21(40)12-18)52-23(14-37)31(32)53-24(41)9-6-17-5-8-20(39)22(13-17)48-3/h4-9,12-13,15-16,23,25-40,42-47H,10-11,14H2,1-3H3/b9-6+/t15-,16-,23+,25-,26-,27+,28+,29+,30+,31+,32+,33+,34+,35-,36-/m0/s1. The lowest BCUT2D eigenvalue weighted by molar-refractivity contribution is -0.385. The number of aromatic hydroxyl groups is 3. The molecule has 19 heteroatoms. The molecule has 2 aromatic rings. The van der Waals surface area contributed by atoms with E-state index in [4.69, 9.17) is 37.9 Å². The van der Waals surface area contributed by atoms with Crippen molar-refractivity contribution in [3.8, 4) is 23.0 Å². The van der Waals surface area contributed by atoms with Gasteiger partial charge in [-0.2, -0.15) is 0 Å². The Kier molecular flexibility index (Phi) is 14.3. The fourth-order valence-electron chi connectivity index (χ4n) is 6.32. The van der Waals surface area contributed by atoms with Crippen molar-refractivity contribution >= 4 is 12.0 Å². The Labute approximate surface area is 315 Å². The molecule has 3 saturated heterocycles. The molecule has 55 heavy (non-hydrogen) atoms. The van der Waals surface area contributed by atoms with E-state index in [1.54, 1.807) is 0 Å². The van der Waals surface area contributed by atoms with Crippen LogP contribution >= 0.6 is 0 Å². The molecule has 0 unspecified atom stereocenters. The summed E-state index contributed by atoms with van der Waals surface area (Å²) < 4.78 is 45.7. The van der Waals surface area contributed by atoms with E-state index in [0.29, 0.717) is 11.1 Å². The van der Waals surface area contributed by atoms with Crippen LogP contribution < -0.4 is 4.74 Å². The van der Waals surface area contributed by atoms with Crippen LogP contribution in [0.25, 0.3) is 6.08 Å². The van der Waals surface area contributed by atoms with Gasteiger partial charge >= 0.3 is 5.97 Å². The second kappa shape index (κ2) is 18.5. The topological polar surface area (TPSA) is 293 Å². The van der Waals surface area contributed by atoms with Crippen molar-refractivity contribution in [3.05, 3.63) is 53.6 Å². The first kappa shape index (κ1) is 42.5. The molecule has 0 amide bonds. The minimum Gasteiger partial charge on any atom is -0.504 e. The molecule has 0 radical (unpaired) electrons. The lowest BCUT2D eigenvalue weighted by Crippen LogP contribution is -2.66. The van der Waals surface area contributed by atoms with Crippen molar-refractivity contribution in [2.75, 3.05) is 20.3 Å². The summed E-state index contributed by atoms with van der Waals surface area (Å²) in [7, 11) is 1.35. The lowest BCUT2D eigenvalue weighted by Gasteiger charge is -2.48. The zero-order valence-electron chi connectivity index (χ0n) is 30.0. The molecule has 5 rings (SSSR count). The first-order valence-corrected chi connectivity index (χ1v) is 17.5. The summed E-state index contributed by atoms with van der Waals surface area (Å²) in [5, 5.41) is 104. The Balaban J connectivity index is 1.41. The number of benzene rings is 2. The Bertz CT molecular complexity index is 1610. The van der Waals surface area contributed by atoms with Gasteiger partial charge in [-0.15, -0.1) is 0 Å². The number of hydrogen-bond donors (Lipinski definition) is 10. The highest BCUT2D eigenvalue weighted by Crippen LogP contribution is 2.35. The van der Waals surface area contributed by atoms with Crippen LogP contribution in [0.4, 0.5) is 0 Å². The lowest BCUT2D eigenvalue weighted by atomic mass is 9.96. The third-order valence-electron chi connectivity index (χ3n) is 9.55. The van der Waals surface area contributed by atoms with Gasteiger partial charge in [-0.05, 0) is 61.7 Å². The summed E-state index contributed by atoms with van der Waals surface area (Å²) in [6.45, 7) is 1.88. The van der Waals surface area contributed by atoms with Crippen molar-refractivity contribution in [2.24, 2.45) is 0 Å². The van der Waals surface area contributed by atoms with E-state index in [9.17, 15) is 55.9 Å². The van der Waals surface area contributed by atoms with Crippen molar-refractivity contribution in [2.45, 2.75) is 112 Å². The molecule has 3 aliphatic heterocycles. The van der Waals surface area contributed by atoms with Gasteiger partial charge in [0.15, 0.2) is 48.0 Å². The number of methoxy groups -OCH3 is 1. The summed E-state index contributed by atoms with van der Waals surface area (Å²) in [5.74, 6) is -1.68. The van der Waals surface area contributed by atoms with Gasteiger partial charge < -0.3 is 89.0 Å². The van der Waals surface area contributed by atoms with Crippen LogP contribution in [0.15, 0.2) is 42.5 Å². The average molecular weight is 785 g/mol. The van der Waals surface area contributed by atoms with Crippen LogP contribution in [0, 0.1) is 0 Å². The average Bonchev–Trinajstić information content (AvgIpc) is 3.16. The summed E-state index contributed by atoms with van der Waals surface area (Å²) in [6.07, 6.45) is -21.1.